The van der Waals surface area contributed by atoms with E-state index in [-0.39, 0.29) is 17.5 Å². The van der Waals surface area contributed by atoms with Crippen LogP contribution in [-0.4, -0.2) is 20.6 Å². The molecule has 0 aromatic heterocycles. The van der Waals surface area contributed by atoms with Gasteiger partial charge in [0.05, 0.1) is 34.2 Å². The zero-order valence-electron chi connectivity index (χ0n) is 15.5. The Morgan fingerprint density at radius 3 is 2.21 bits per heavy atom. The summed E-state index contributed by atoms with van der Waals surface area (Å²) in [7, 11) is -3.51. The Morgan fingerprint density at radius 1 is 0.931 bits per heavy atom. The molecular formula is C21H18Cl2N2O3S. The summed E-state index contributed by atoms with van der Waals surface area (Å²) in [5.41, 5.74) is 2.08. The lowest BCUT2D eigenvalue weighted by atomic mass is 10.1. The highest BCUT2D eigenvalue weighted by atomic mass is 35.5. The molecule has 0 spiro atoms. The van der Waals surface area contributed by atoms with Crippen LogP contribution in [0.3, 0.4) is 0 Å². The highest BCUT2D eigenvalue weighted by Crippen LogP contribution is 2.30. The van der Waals surface area contributed by atoms with Crippen molar-refractivity contribution in [2.24, 2.45) is 0 Å². The third kappa shape index (κ3) is 5.29. The highest BCUT2D eigenvalue weighted by Gasteiger charge is 2.18. The van der Waals surface area contributed by atoms with Crippen LogP contribution < -0.4 is 9.62 Å². The number of carbonyl (C=O) groups is 1. The Labute approximate surface area is 179 Å². The minimum atomic E-state index is -3.51. The van der Waals surface area contributed by atoms with Crippen LogP contribution in [0.1, 0.15) is 15.9 Å². The average molecular weight is 449 g/mol. The van der Waals surface area contributed by atoms with E-state index in [2.05, 4.69) is 5.32 Å². The Kier molecular flexibility index (Phi) is 6.47. The topological polar surface area (TPSA) is 66.5 Å². The average Bonchev–Trinajstić information content (AvgIpc) is 2.70. The first kappa shape index (κ1) is 21.2. The van der Waals surface area contributed by atoms with Gasteiger partial charge in [0.15, 0.2) is 0 Å². The lowest BCUT2D eigenvalue weighted by Gasteiger charge is -2.22. The van der Waals surface area contributed by atoms with Crippen molar-refractivity contribution in [2.45, 2.75) is 6.54 Å². The molecular weight excluding hydrogens is 431 g/mol. The zero-order valence-corrected chi connectivity index (χ0v) is 17.8. The molecule has 0 aliphatic carbocycles. The molecule has 0 atom stereocenters. The molecule has 0 heterocycles. The fraction of sp³-hybridized carbons (Fsp3) is 0.0952. The maximum atomic E-state index is 12.5. The lowest BCUT2D eigenvalue weighted by Crippen LogP contribution is -2.29. The Hall–Kier alpha value is -2.54. The molecule has 5 nitrogen and oxygen atoms in total. The second-order valence-electron chi connectivity index (χ2n) is 6.36. The van der Waals surface area contributed by atoms with Gasteiger partial charge in [-0.15, -0.1) is 0 Å². The molecule has 150 valence electrons. The van der Waals surface area contributed by atoms with Crippen molar-refractivity contribution >= 4 is 50.5 Å². The maximum absolute atomic E-state index is 12.5. The maximum Gasteiger partial charge on any atom is 0.255 e. The first-order valence-electron chi connectivity index (χ1n) is 8.63. The Bertz CT molecular complexity index is 1120. The van der Waals surface area contributed by atoms with Crippen molar-refractivity contribution in [1.82, 2.24) is 0 Å². The minimum Gasteiger partial charge on any atom is -0.321 e. The molecule has 0 saturated heterocycles. The zero-order chi connectivity index (χ0) is 21.0. The summed E-state index contributed by atoms with van der Waals surface area (Å²) in [4.78, 5) is 12.5. The minimum absolute atomic E-state index is 0.198. The molecule has 1 N–H and O–H groups in total. The molecule has 29 heavy (non-hydrogen) atoms. The third-order valence-corrected chi connectivity index (χ3v) is 6.15. The van der Waals surface area contributed by atoms with Crippen LogP contribution in [0.15, 0.2) is 72.8 Å². The van der Waals surface area contributed by atoms with Crippen molar-refractivity contribution in [1.29, 1.82) is 0 Å². The molecule has 0 bridgehead atoms. The number of sulfonamides is 1. The van der Waals surface area contributed by atoms with Gasteiger partial charge in [-0.25, -0.2) is 8.42 Å². The van der Waals surface area contributed by atoms with Gasteiger partial charge in [0.2, 0.25) is 10.0 Å². The van der Waals surface area contributed by atoms with Gasteiger partial charge in [0, 0.05) is 5.56 Å². The number of anilines is 2. The largest absolute Gasteiger partial charge is 0.321 e. The fourth-order valence-electron chi connectivity index (χ4n) is 2.72. The highest BCUT2D eigenvalue weighted by molar-refractivity contribution is 7.92. The van der Waals surface area contributed by atoms with E-state index in [1.165, 1.54) is 4.31 Å². The number of benzene rings is 3. The quantitative estimate of drug-likeness (QED) is 0.562. The van der Waals surface area contributed by atoms with Crippen LogP contribution in [0.25, 0.3) is 0 Å². The summed E-state index contributed by atoms with van der Waals surface area (Å²) in [6, 6.07) is 20.5. The summed E-state index contributed by atoms with van der Waals surface area (Å²) >= 11 is 12.1. The third-order valence-electron chi connectivity index (χ3n) is 4.19. The lowest BCUT2D eigenvalue weighted by molar-refractivity contribution is 0.102. The molecule has 0 aliphatic rings. The van der Waals surface area contributed by atoms with Crippen molar-refractivity contribution in [3.63, 3.8) is 0 Å². The molecule has 8 heteroatoms. The molecule has 1 amide bonds. The molecule has 3 rings (SSSR count). The summed E-state index contributed by atoms with van der Waals surface area (Å²) in [6.07, 6.45) is 1.15. The van der Waals surface area contributed by atoms with Gasteiger partial charge in [-0.05, 0) is 42.0 Å². The predicted octanol–water partition coefficient (Wildman–Crippen LogP) is 5.21. The number of hydrogen-bond donors (Lipinski definition) is 1. The van der Waals surface area contributed by atoms with E-state index >= 15 is 0 Å². The van der Waals surface area contributed by atoms with E-state index < -0.39 is 10.0 Å². The summed E-state index contributed by atoms with van der Waals surface area (Å²) < 4.78 is 25.9. The number of halogens is 2. The van der Waals surface area contributed by atoms with Crippen LogP contribution in [-0.2, 0) is 16.6 Å². The van der Waals surface area contributed by atoms with E-state index in [9.17, 15) is 13.2 Å². The van der Waals surface area contributed by atoms with Crippen LogP contribution in [0, 0.1) is 0 Å². The Balaban J connectivity index is 1.81. The van der Waals surface area contributed by atoms with E-state index in [1.807, 2.05) is 30.3 Å². The van der Waals surface area contributed by atoms with Gasteiger partial charge in [-0.3, -0.25) is 9.10 Å². The second-order valence-corrected chi connectivity index (χ2v) is 9.05. The molecule has 0 saturated carbocycles. The first-order valence-corrected chi connectivity index (χ1v) is 11.2. The standard InChI is InChI=1S/C21H18Cl2N2O3S/c1-29(27,28)25(14-15-6-3-2-4-7-15)17-12-10-16(11-13-17)21(26)24-19-9-5-8-18(22)20(19)23/h2-13H,14H2,1H3,(H,24,26). The monoisotopic (exact) mass is 448 g/mol. The van der Waals surface area contributed by atoms with Gasteiger partial charge in [-0.1, -0.05) is 59.6 Å². The van der Waals surface area contributed by atoms with Gasteiger partial charge >= 0.3 is 0 Å². The summed E-state index contributed by atoms with van der Waals surface area (Å²) in [5.74, 6) is -0.380. The smallest absolute Gasteiger partial charge is 0.255 e. The first-order chi connectivity index (χ1) is 13.8. The van der Waals surface area contributed by atoms with E-state index in [4.69, 9.17) is 23.2 Å². The van der Waals surface area contributed by atoms with Crippen LogP contribution in [0.4, 0.5) is 11.4 Å². The van der Waals surface area contributed by atoms with Crippen molar-refractivity contribution in [3.8, 4) is 0 Å². The van der Waals surface area contributed by atoms with E-state index in [0.29, 0.717) is 22.0 Å². The number of nitrogens with one attached hydrogen (secondary N) is 1. The molecule has 0 unspecified atom stereocenters. The molecule has 3 aromatic rings. The van der Waals surface area contributed by atoms with Crippen molar-refractivity contribution in [2.75, 3.05) is 15.9 Å². The van der Waals surface area contributed by atoms with Crippen molar-refractivity contribution in [3.05, 3.63) is 94.0 Å². The van der Waals surface area contributed by atoms with Crippen LogP contribution in [0.5, 0.6) is 0 Å². The summed E-state index contributed by atoms with van der Waals surface area (Å²) in [6.45, 7) is 0.198. The van der Waals surface area contributed by atoms with Crippen LogP contribution in [0.2, 0.25) is 10.0 Å². The molecule has 3 aromatic carbocycles. The number of hydrogen-bond acceptors (Lipinski definition) is 3. The molecule has 0 fully saturated rings. The molecule has 0 aliphatic heterocycles. The number of nitrogens with zero attached hydrogens (tertiary/aromatic N) is 1. The van der Waals surface area contributed by atoms with Gasteiger partial charge in [-0.2, -0.15) is 0 Å². The van der Waals surface area contributed by atoms with Crippen LogP contribution >= 0.6 is 23.2 Å². The number of amides is 1. The Morgan fingerprint density at radius 2 is 1.59 bits per heavy atom. The normalized spacial score (nSPS) is 11.1. The van der Waals surface area contributed by atoms with E-state index in [1.54, 1.807) is 42.5 Å². The number of carbonyl (C=O) groups excluding carboxylic acids is 1. The van der Waals surface area contributed by atoms with Crippen molar-refractivity contribution < 1.29 is 13.2 Å². The molecule has 0 radical (unpaired) electrons. The predicted molar refractivity (Wildman–Crippen MR) is 118 cm³/mol. The number of rotatable bonds is 6. The van der Waals surface area contributed by atoms with E-state index in [0.717, 1.165) is 11.8 Å². The van der Waals surface area contributed by atoms with Gasteiger partial charge in [0.1, 0.15) is 0 Å². The fourth-order valence-corrected chi connectivity index (χ4v) is 3.96. The summed E-state index contributed by atoms with van der Waals surface area (Å²) in [5, 5.41) is 3.29. The van der Waals surface area contributed by atoms with Gasteiger partial charge in [0.25, 0.3) is 5.91 Å². The second kappa shape index (κ2) is 8.86. The van der Waals surface area contributed by atoms with Gasteiger partial charge < -0.3 is 5.32 Å². The SMILES string of the molecule is CS(=O)(=O)N(Cc1ccccc1)c1ccc(C(=O)Nc2cccc(Cl)c2Cl)cc1.